The van der Waals surface area contributed by atoms with Crippen LogP contribution in [0, 0.1) is 17.1 Å². The normalized spacial score (nSPS) is 19.3. The molecule has 1 heterocycles. The number of nitriles is 1. The van der Waals surface area contributed by atoms with Crippen molar-refractivity contribution in [2.24, 2.45) is 0 Å². The van der Waals surface area contributed by atoms with Crippen LogP contribution in [-0.4, -0.2) is 12.0 Å². The number of nitrogens with zero attached hydrogens (tertiary/aromatic N) is 1. The number of fused-ring (bicyclic) bond motifs is 1. The maximum atomic E-state index is 13.2. The molecule has 3 rings (SSSR count). The molecule has 0 aliphatic carbocycles. The molecule has 23 heavy (non-hydrogen) atoms. The highest BCUT2D eigenvalue weighted by atomic mass is 32.2. The molecule has 0 radical (unpaired) electrons. The number of rotatable bonds is 5. The van der Waals surface area contributed by atoms with E-state index in [2.05, 4.69) is 12.3 Å². The monoisotopic (exact) mass is 327 g/mol. The number of halogens is 1. The number of ether oxygens (including phenoxy) is 1. The van der Waals surface area contributed by atoms with E-state index in [4.69, 9.17) is 10.00 Å². The maximum Gasteiger partial charge on any atom is 0.123 e. The highest BCUT2D eigenvalue weighted by molar-refractivity contribution is 7.98. The Bertz CT molecular complexity index is 723. The zero-order valence-corrected chi connectivity index (χ0v) is 13.8. The molecule has 2 aromatic rings. The van der Waals surface area contributed by atoms with Gasteiger partial charge in [-0.1, -0.05) is 18.2 Å². The second-order valence-electron chi connectivity index (χ2n) is 5.65. The fourth-order valence-electron chi connectivity index (χ4n) is 3.01. The fraction of sp³-hybridized carbons (Fsp3) is 0.316. The minimum Gasteiger partial charge on any atom is -0.361 e. The Labute approximate surface area is 140 Å². The molecule has 0 spiro atoms. The van der Waals surface area contributed by atoms with E-state index in [1.54, 1.807) is 12.1 Å². The number of benzene rings is 2. The average Bonchev–Trinajstić information content (AvgIpc) is 2.94. The van der Waals surface area contributed by atoms with Crippen LogP contribution in [0.5, 0.6) is 0 Å². The van der Waals surface area contributed by atoms with E-state index in [1.165, 1.54) is 12.1 Å². The van der Waals surface area contributed by atoms with Gasteiger partial charge in [-0.05, 0) is 65.8 Å². The molecule has 0 amide bonds. The van der Waals surface area contributed by atoms with Crippen molar-refractivity contribution in [1.82, 2.24) is 0 Å². The molecule has 2 nitrogen and oxygen atoms in total. The van der Waals surface area contributed by atoms with Gasteiger partial charge >= 0.3 is 0 Å². The molecule has 0 bridgehead atoms. The molecule has 1 aliphatic rings. The predicted octanol–water partition coefficient (Wildman–Crippen LogP) is 5.00. The summed E-state index contributed by atoms with van der Waals surface area (Å²) in [5.74, 6) is 0.849. The molecule has 0 aromatic heterocycles. The first kappa shape index (κ1) is 16.0. The lowest BCUT2D eigenvalue weighted by atomic mass is 9.95. The van der Waals surface area contributed by atoms with Gasteiger partial charge in [-0.25, -0.2) is 4.39 Å². The van der Waals surface area contributed by atoms with Crippen molar-refractivity contribution in [1.29, 1.82) is 5.26 Å². The summed E-state index contributed by atoms with van der Waals surface area (Å²) in [7, 11) is 0. The quantitative estimate of drug-likeness (QED) is 0.724. The summed E-state index contributed by atoms with van der Waals surface area (Å²) in [4.78, 5) is 0. The minimum atomic E-state index is -0.255. The van der Waals surface area contributed by atoms with E-state index >= 15 is 0 Å². The van der Waals surface area contributed by atoms with Gasteiger partial charge in [0.1, 0.15) is 11.9 Å². The molecule has 2 atom stereocenters. The first-order chi connectivity index (χ1) is 11.2. The summed E-state index contributed by atoms with van der Waals surface area (Å²) < 4.78 is 19.4. The van der Waals surface area contributed by atoms with Crippen LogP contribution < -0.4 is 0 Å². The van der Waals surface area contributed by atoms with Gasteiger partial charge in [0.15, 0.2) is 0 Å². The molecule has 4 heteroatoms. The van der Waals surface area contributed by atoms with Crippen LogP contribution in [0.15, 0.2) is 42.5 Å². The van der Waals surface area contributed by atoms with Crippen molar-refractivity contribution in [3.63, 3.8) is 0 Å². The predicted molar refractivity (Wildman–Crippen MR) is 90.8 cm³/mol. The fourth-order valence-corrected chi connectivity index (χ4v) is 3.46. The summed E-state index contributed by atoms with van der Waals surface area (Å²) in [5.41, 5.74) is 3.74. The van der Waals surface area contributed by atoms with Crippen LogP contribution in [0.2, 0.25) is 0 Å². The SMILES string of the molecule is CSCCCC1OC(c2ccc(F)cc2)c2cc(C#N)ccc21. The minimum absolute atomic E-state index is 0.0416. The van der Waals surface area contributed by atoms with Crippen molar-refractivity contribution in [2.45, 2.75) is 25.0 Å². The number of hydrogen-bond donors (Lipinski definition) is 0. The molecular formula is C19H18FNOS. The Morgan fingerprint density at radius 2 is 1.96 bits per heavy atom. The summed E-state index contributed by atoms with van der Waals surface area (Å²) in [6.45, 7) is 0. The lowest BCUT2D eigenvalue weighted by molar-refractivity contribution is 0.0283. The highest BCUT2D eigenvalue weighted by Gasteiger charge is 2.32. The molecule has 0 saturated heterocycles. The molecule has 2 unspecified atom stereocenters. The number of thioether (sulfide) groups is 1. The molecule has 0 fully saturated rings. The van der Waals surface area contributed by atoms with E-state index in [0.29, 0.717) is 5.56 Å². The van der Waals surface area contributed by atoms with Crippen LogP contribution in [0.1, 0.15) is 47.3 Å². The zero-order valence-electron chi connectivity index (χ0n) is 13.0. The van der Waals surface area contributed by atoms with E-state index in [1.807, 2.05) is 30.0 Å². The Hall–Kier alpha value is -1.83. The Kier molecular flexibility index (Phi) is 5.00. The Morgan fingerprint density at radius 1 is 1.17 bits per heavy atom. The number of hydrogen-bond acceptors (Lipinski definition) is 3. The van der Waals surface area contributed by atoms with Crippen LogP contribution in [0.25, 0.3) is 0 Å². The summed E-state index contributed by atoms with van der Waals surface area (Å²) in [6.07, 6.45) is 3.96. The van der Waals surface area contributed by atoms with Crippen LogP contribution in [0.4, 0.5) is 4.39 Å². The van der Waals surface area contributed by atoms with E-state index in [-0.39, 0.29) is 18.0 Å². The first-order valence-corrected chi connectivity index (χ1v) is 9.06. The summed E-state index contributed by atoms with van der Waals surface area (Å²) in [5, 5.41) is 9.16. The van der Waals surface area contributed by atoms with Gasteiger partial charge in [0.2, 0.25) is 0 Å². The van der Waals surface area contributed by atoms with Gasteiger partial charge in [0, 0.05) is 0 Å². The van der Waals surface area contributed by atoms with Crippen LogP contribution >= 0.6 is 11.8 Å². The van der Waals surface area contributed by atoms with Crippen LogP contribution in [0.3, 0.4) is 0 Å². The average molecular weight is 327 g/mol. The summed E-state index contributed by atoms with van der Waals surface area (Å²) in [6, 6.07) is 14.3. The van der Waals surface area contributed by atoms with Gasteiger partial charge in [-0.3, -0.25) is 0 Å². The van der Waals surface area contributed by atoms with Gasteiger partial charge < -0.3 is 4.74 Å². The second-order valence-corrected chi connectivity index (χ2v) is 6.63. The smallest absolute Gasteiger partial charge is 0.123 e. The van der Waals surface area contributed by atoms with Gasteiger partial charge in [-0.15, -0.1) is 0 Å². The van der Waals surface area contributed by atoms with Crippen molar-refractivity contribution in [3.8, 4) is 6.07 Å². The van der Waals surface area contributed by atoms with Gasteiger partial charge in [0.25, 0.3) is 0 Å². The van der Waals surface area contributed by atoms with Crippen LogP contribution in [-0.2, 0) is 4.74 Å². The third kappa shape index (κ3) is 3.41. The molecule has 0 N–H and O–H groups in total. The summed E-state index contributed by atoms with van der Waals surface area (Å²) >= 11 is 1.83. The lowest BCUT2D eigenvalue weighted by Crippen LogP contribution is -2.01. The lowest BCUT2D eigenvalue weighted by Gasteiger charge is -2.15. The maximum absolute atomic E-state index is 13.2. The molecule has 2 aromatic carbocycles. The first-order valence-electron chi connectivity index (χ1n) is 7.66. The standard InChI is InChI=1S/C19H18FNOS/c1-23-10-2-3-18-16-9-4-13(12-21)11-17(16)19(22-18)14-5-7-15(20)8-6-14/h4-9,11,18-19H,2-3,10H2,1H3. The Morgan fingerprint density at radius 3 is 2.65 bits per heavy atom. The van der Waals surface area contributed by atoms with Gasteiger partial charge in [0.05, 0.1) is 17.7 Å². The zero-order chi connectivity index (χ0) is 16.2. The topological polar surface area (TPSA) is 33.0 Å². The third-order valence-corrected chi connectivity index (χ3v) is 4.83. The Balaban J connectivity index is 1.93. The van der Waals surface area contributed by atoms with Crippen molar-refractivity contribution < 1.29 is 9.13 Å². The molecular weight excluding hydrogens is 309 g/mol. The van der Waals surface area contributed by atoms with Crippen molar-refractivity contribution in [2.75, 3.05) is 12.0 Å². The second kappa shape index (κ2) is 7.16. The molecule has 1 aliphatic heterocycles. The van der Waals surface area contributed by atoms with Crippen molar-refractivity contribution >= 4 is 11.8 Å². The van der Waals surface area contributed by atoms with E-state index in [9.17, 15) is 4.39 Å². The van der Waals surface area contributed by atoms with Crippen molar-refractivity contribution in [3.05, 3.63) is 70.5 Å². The molecule has 118 valence electrons. The van der Waals surface area contributed by atoms with E-state index < -0.39 is 0 Å². The largest absolute Gasteiger partial charge is 0.361 e. The third-order valence-electron chi connectivity index (χ3n) is 4.13. The van der Waals surface area contributed by atoms with E-state index in [0.717, 1.165) is 35.3 Å². The van der Waals surface area contributed by atoms with Gasteiger partial charge in [-0.2, -0.15) is 17.0 Å². The molecule has 0 saturated carbocycles. The highest BCUT2D eigenvalue weighted by Crippen LogP contribution is 2.45.